The lowest BCUT2D eigenvalue weighted by Crippen LogP contribution is -2.23. The van der Waals surface area contributed by atoms with Crippen LogP contribution < -0.4 is 9.75 Å². The van der Waals surface area contributed by atoms with E-state index in [-0.39, 0.29) is 11.9 Å². The van der Waals surface area contributed by atoms with Gasteiger partial charge in [-0.25, -0.2) is 4.98 Å². The van der Waals surface area contributed by atoms with Gasteiger partial charge in [0.25, 0.3) is 11.9 Å². The van der Waals surface area contributed by atoms with Gasteiger partial charge < -0.3 is 9.47 Å². The fraction of sp³-hybridized carbons (Fsp3) is 0.571. The zero-order valence-corrected chi connectivity index (χ0v) is 12.2. The van der Waals surface area contributed by atoms with Crippen molar-refractivity contribution in [2.75, 3.05) is 25.3 Å². The highest BCUT2D eigenvalue weighted by molar-refractivity contribution is 6.13. The Morgan fingerprint density at radius 3 is 2.81 bits per heavy atom. The highest BCUT2D eigenvalue weighted by atomic mass is 16.5. The molecule has 0 spiro atoms. The summed E-state index contributed by atoms with van der Waals surface area (Å²) in [5.41, 5.74) is 1.65. The first-order chi connectivity index (χ1) is 10.2. The average molecular weight is 290 g/mol. The summed E-state index contributed by atoms with van der Waals surface area (Å²) >= 11 is 0. The van der Waals surface area contributed by atoms with Crippen molar-refractivity contribution >= 4 is 17.6 Å². The van der Waals surface area contributed by atoms with Crippen molar-refractivity contribution in [3.8, 4) is 5.88 Å². The molecule has 2 aliphatic rings. The minimum atomic E-state index is -0.0934. The maximum Gasteiger partial charge on any atom is 0.257 e. The predicted octanol–water partition coefficient (Wildman–Crippen LogP) is 1.31. The average Bonchev–Trinajstić information content (AvgIpc) is 2.89. The van der Waals surface area contributed by atoms with E-state index in [4.69, 9.17) is 9.47 Å². The second-order valence-corrected chi connectivity index (χ2v) is 5.21. The predicted molar refractivity (Wildman–Crippen MR) is 76.4 cm³/mol. The third-order valence-electron chi connectivity index (χ3n) is 3.71. The highest BCUT2D eigenvalue weighted by Crippen LogP contribution is 2.26. The number of aromatic nitrogens is 2. The Morgan fingerprint density at radius 2 is 2.10 bits per heavy atom. The number of nitrogens with zero attached hydrogens (tertiary/aromatic N) is 4. The molecule has 3 rings (SSSR count). The minimum Gasteiger partial charge on any atom is -0.481 e. The number of amides is 1. The summed E-state index contributed by atoms with van der Waals surface area (Å²) in [5, 5.41) is 5.74. The Hall–Kier alpha value is -2.02. The monoisotopic (exact) mass is 290 g/mol. The highest BCUT2D eigenvalue weighted by Gasteiger charge is 2.32. The largest absolute Gasteiger partial charge is 0.481 e. The third-order valence-corrected chi connectivity index (χ3v) is 3.71. The lowest BCUT2D eigenvalue weighted by molar-refractivity contribution is -0.117. The van der Waals surface area contributed by atoms with E-state index in [9.17, 15) is 4.79 Å². The van der Waals surface area contributed by atoms with Crippen LogP contribution in [-0.2, 0) is 9.53 Å². The summed E-state index contributed by atoms with van der Waals surface area (Å²) < 4.78 is 10.5. The second kappa shape index (κ2) is 5.77. The van der Waals surface area contributed by atoms with Crippen LogP contribution in [0.15, 0.2) is 11.2 Å². The summed E-state index contributed by atoms with van der Waals surface area (Å²) in [6.07, 6.45) is 2.17. The van der Waals surface area contributed by atoms with E-state index in [1.54, 1.807) is 6.07 Å². The van der Waals surface area contributed by atoms with Crippen LogP contribution >= 0.6 is 0 Å². The molecule has 1 fully saturated rings. The van der Waals surface area contributed by atoms with Gasteiger partial charge in [0.15, 0.2) is 0 Å². The van der Waals surface area contributed by atoms with Gasteiger partial charge in [-0.05, 0) is 19.8 Å². The van der Waals surface area contributed by atoms with E-state index in [0.717, 1.165) is 37.5 Å². The third kappa shape index (κ3) is 2.87. The van der Waals surface area contributed by atoms with Crippen molar-refractivity contribution in [2.24, 2.45) is 11.0 Å². The molecular weight excluding hydrogens is 272 g/mol. The molecule has 0 saturated carbocycles. The SMILES string of the molecule is COc1cc(C)nc(N2N=C(C3CCOCC3)CC2=O)n1. The van der Waals surface area contributed by atoms with Gasteiger partial charge in [-0.3, -0.25) is 4.79 Å². The minimum absolute atomic E-state index is 0.0934. The van der Waals surface area contributed by atoms with Gasteiger partial charge in [0.05, 0.1) is 19.2 Å². The van der Waals surface area contributed by atoms with Gasteiger partial charge in [-0.15, -0.1) is 0 Å². The molecule has 0 bridgehead atoms. The van der Waals surface area contributed by atoms with E-state index < -0.39 is 0 Å². The van der Waals surface area contributed by atoms with Gasteiger partial charge in [0.2, 0.25) is 5.88 Å². The summed E-state index contributed by atoms with van der Waals surface area (Å²) in [4.78, 5) is 20.7. The molecule has 1 saturated heterocycles. The van der Waals surface area contributed by atoms with Crippen LogP contribution in [0.1, 0.15) is 25.0 Å². The van der Waals surface area contributed by atoms with Crippen molar-refractivity contribution in [3.05, 3.63) is 11.8 Å². The number of aryl methyl sites for hydroxylation is 1. The van der Waals surface area contributed by atoms with E-state index in [1.807, 2.05) is 6.92 Å². The molecule has 1 aromatic heterocycles. The normalized spacial score (nSPS) is 19.8. The number of rotatable bonds is 3. The van der Waals surface area contributed by atoms with Crippen LogP contribution in [0.4, 0.5) is 5.95 Å². The number of anilines is 1. The maximum atomic E-state index is 12.2. The number of hydrogen-bond donors (Lipinski definition) is 0. The fourth-order valence-corrected chi connectivity index (χ4v) is 2.59. The number of methoxy groups -OCH3 is 1. The van der Waals surface area contributed by atoms with Gasteiger partial charge in [0, 0.05) is 30.9 Å². The fourth-order valence-electron chi connectivity index (χ4n) is 2.59. The Kier molecular flexibility index (Phi) is 3.83. The second-order valence-electron chi connectivity index (χ2n) is 5.21. The molecule has 0 unspecified atom stereocenters. The first-order valence-corrected chi connectivity index (χ1v) is 7.05. The van der Waals surface area contributed by atoms with Gasteiger partial charge in [-0.2, -0.15) is 15.1 Å². The van der Waals surface area contributed by atoms with Gasteiger partial charge in [-0.1, -0.05) is 0 Å². The smallest absolute Gasteiger partial charge is 0.257 e. The maximum absolute atomic E-state index is 12.2. The Labute approximate surface area is 123 Å². The van der Waals surface area contributed by atoms with Crippen LogP contribution in [0.3, 0.4) is 0 Å². The van der Waals surface area contributed by atoms with Crippen molar-refractivity contribution in [1.82, 2.24) is 9.97 Å². The zero-order valence-electron chi connectivity index (χ0n) is 12.2. The van der Waals surface area contributed by atoms with E-state index in [0.29, 0.717) is 18.2 Å². The molecule has 1 aromatic rings. The van der Waals surface area contributed by atoms with E-state index in [2.05, 4.69) is 15.1 Å². The van der Waals surface area contributed by atoms with Crippen LogP contribution in [-0.4, -0.2) is 41.9 Å². The number of carbonyl (C=O) groups excluding carboxylic acids is 1. The quantitative estimate of drug-likeness (QED) is 0.839. The summed E-state index contributed by atoms with van der Waals surface area (Å²) in [6, 6.07) is 1.72. The molecule has 7 nitrogen and oxygen atoms in total. The molecule has 112 valence electrons. The van der Waals surface area contributed by atoms with Crippen LogP contribution in [0.5, 0.6) is 5.88 Å². The standard InChI is InChI=1S/C14H18N4O3/c1-9-7-12(20-2)16-14(15-9)18-13(19)8-11(17-18)10-3-5-21-6-4-10/h7,10H,3-6,8H2,1-2H3. The molecule has 21 heavy (non-hydrogen) atoms. The molecule has 0 aliphatic carbocycles. The lowest BCUT2D eigenvalue weighted by Gasteiger charge is -2.21. The lowest BCUT2D eigenvalue weighted by atomic mass is 9.93. The summed E-state index contributed by atoms with van der Waals surface area (Å²) in [6.45, 7) is 3.29. The number of hydrazone groups is 1. The number of carbonyl (C=O) groups is 1. The van der Waals surface area contributed by atoms with Crippen molar-refractivity contribution in [3.63, 3.8) is 0 Å². The van der Waals surface area contributed by atoms with Gasteiger partial charge >= 0.3 is 0 Å². The zero-order chi connectivity index (χ0) is 14.8. The molecule has 0 aromatic carbocycles. The van der Waals surface area contributed by atoms with Crippen molar-refractivity contribution < 1.29 is 14.3 Å². The molecule has 0 atom stereocenters. The first-order valence-electron chi connectivity index (χ1n) is 7.05. The molecule has 0 radical (unpaired) electrons. The Morgan fingerprint density at radius 1 is 1.33 bits per heavy atom. The van der Waals surface area contributed by atoms with E-state index >= 15 is 0 Å². The molecule has 1 amide bonds. The number of hydrogen-bond acceptors (Lipinski definition) is 6. The van der Waals surface area contributed by atoms with Gasteiger partial charge in [0.1, 0.15) is 0 Å². The molecule has 7 heteroatoms. The van der Waals surface area contributed by atoms with Crippen LogP contribution in [0, 0.1) is 12.8 Å². The Balaban J connectivity index is 1.86. The summed E-state index contributed by atoms with van der Waals surface area (Å²) in [5.74, 6) is 0.933. The summed E-state index contributed by atoms with van der Waals surface area (Å²) in [7, 11) is 1.54. The Bertz CT molecular complexity index is 582. The van der Waals surface area contributed by atoms with E-state index in [1.165, 1.54) is 12.1 Å². The number of ether oxygens (including phenoxy) is 2. The van der Waals surface area contributed by atoms with Crippen LogP contribution in [0.2, 0.25) is 0 Å². The molecular formula is C14H18N4O3. The molecule has 2 aliphatic heterocycles. The van der Waals surface area contributed by atoms with Crippen molar-refractivity contribution in [2.45, 2.75) is 26.2 Å². The van der Waals surface area contributed by atoms with Crippen LogP contribution in [0.25, 0.3) is 0 Å². The molecule has 0 N–H and O–H groups in total. The topological polar surface area (TPSA) is 76.9 Å². The first kappa shape index (κ1) is 13.9. The molecule has 3 heterocycles. The van der Waals surface area contributed by atoms with Crippen molar-refractivity contribution in [1.29, 1.82) is 0 Å².